The fraction of sp³-hybridized carbons (Fsp3) is 0.409. The number of amides is 1. The van der Waals surface area contributed by atoms with E-state index in [9.17, 15) is 4.79 Å². The van der Waals surface area contributed by atoms with Gasteiger partial charge in [0.2, 0.25) is 0 Å². The molecule has 2 aromatic rings. The molecule has 1 saturated carbocycles. The van der Waals surface area contributed by atoms with Crippen LogP contribution < -0.4 is 10.1 Å². The summed E-state index contributed by atoms with van der Waals surface area (Å²) in [5, 5.41) is 2.83. The quantitative estimate of drug-likeness (QED) is 0.706. The van der Waals surface area contributed by atoms with Gasteiger partial charge >= 0.3 is 6.09 Å². The molecule has 0 spiro atoms. The number of aryl methyl sites for hydroxylation is 2. The minimum Gasteiger partial charge on any atom is -0.489 e. The van der Waals surface area contributed by atoms with Gasteiger partial charge in [-0.05, 0) is 67.9 Å². The molecule has 0 radical (unpaired) electrons. The van der Waals surface area contributed by atoms with Crippen LogP contribution in [0.2, 0.25) is 0 Å². The van der Waals surface area contributed by atoms with Crippen molar-refractivity contribution in [3.63, 3.8) is 0 Å². The van der Waals surface area contributed by atoms with Crippen LogP contribution >= 0.6 is 0 Å². The molecule has 1 fully saturated rings. The topological polar surface area (TPSA) is 47.6 Å². The Labute approximate surface area is 155 Å². The first-order chi connectivity index (χ1) is 12.6. The molecule has 1 N–H and O–H groups in total. The van der Waals surface area contributed by atoms with E-state index in [1.165, 1.54) is 24.0 Å². The number of anilines is 1. The van der Waals surface area contributed by atoms with Crippen LogP contribution in [0.5, 0.6) is 5.75 Å². The SMILES string of the molecule is CCOC(=O)Nc1ccc(C2CC2)cc1COc1ccc(CC)cc1C. The van der Waals surface area contributed by atoms with Crippen LogP contribution in [0.3, 0.4) is 0 Å². The number of hydrogen-bond acceptors (Lipinski definition) is 3. The lowest BCUT2D eigenvalue weighted by Gasteiger charge is -2.15. The summed E-state index contributed by atoms with van der Waals surface area (Å²) in [6.45, 7) is 6.76. The minimum atomic E-state index is -0.434. The van der Waals surface area contributed by atoms with Gasteiger partial charge in [0, 0.05) is 5.56 Å². The molecule has 2 aromatic carbocycles. The molecule has 0 bridgehead atoms. The summed E-state index contributed by atoms with van der Waals surface area (Å²) >= 11 is 0. The van der Waals surface area contributed by atoms with Crippen LogP contribution in [0.25, 0.3) is 0 Å². The Morgan fingerprint density at radius 1 is 1.15 bits per heavy atom. The lowest BCUT2D eigenvalue weighted by Crippen LogP contribution is -2.15. The van der Waals surface area contributed by atoms with E-state index < -0.39 is 6.09 Å². The van der Waals surface area contributed by atoms with Gasteiger partial charge in [-0.15, -0.1) is 0 Å². The molecule has 0 atom stereocenters. The molecular weight excluding hydrogens is 326 g/mol. The number of hydrogen-bond donors (Lipinski definition) is 1. The van der Waals surface area contributed by atoms with Gasteiger partial charge in [-0.1, -0.05) is 31.2 Å². The molecule has 0 unspecified atom stereocenters. The van der Waals surface area contributed by atoms with Gasteiger partial charge in [0.15, 0.2) is 0 Å². The van der Waals surface area contributed by atoms with Crippen molar-refractivity contribution in [3.8, 4) is 5.75 Å². The van der Waals surface area contributed by atoms with Gasteiger partial charge in [-0.2, -0.15) is 0 Å². The van der Waals surface area contributed by atoms with Crippen molar-refractivity contribution in [1.82, 2.24) is 0 Å². The normalized spacial score (nSPS) is 13.3. The van der Waals surface area contributed by atoms with Gasteiger partial charge in [-0.25, -0.2) is 4.79 Å². The second-order valence-corrected chi connectivity index (χ2v) is 6.78. The third kappa shape index (κ3) is 4.57. The van der Waals surface area contributed by atoms with Crippen LogP contribution in [0.4, 0.5) is 10.5 Å². The van der Waals surface area contributed by atoms with E-state index in [2.05, 4.69) is 43.4 Å². The van der Waals surface area contributed by atoms with Crippen molar-refractivity contribution in [3.05, 3.63) is 58.7 Å². The van der Waals surface area contributed by atoms with Crippen molar-refractivity contribution >= 4 is 11.8 Å². The van der Waals surface area contributed by atoms with Gasteiger partial charge in [0.25, 0.3) is 0 Å². The zero-order valence-corrected chi connectivity index (χ0v) is 15.8. The first-order valence-corrected chi connectivity index (χ1v) is 9.39. The minimum absolute atomic E-state index is 0.348. The molecule has 3 rings (SSSR count). The van der Waals surface area contributed by atoms with Crippen molar-refractivity contribution in [2.45, 2.75) is 52.6 Å². The molecule has 26 heavy (non-hydrogen) atoms. The third-order valence-corrected chi connectivity index (χ3v) is 4.72. The molecule has 1 aliphatic rings. The van der Waals surface area contributed by atoms with Crippen molar-refractivity contribution in [2.75, 3.05) is 11.9 Å². The summed E-state index contributed by atoms with van der Waals surface area (Å²) in [6, 6.07) is 12.5. The van der Waals surface area contributed by atoms with E-state index in [4.69, 9.17) is 9.47 Å². The average molecular weight is 353 g/mol. The summed E-state index contributed by atoms with van der Waals surface area (Å²) in [5.74, 6) is 1.53. The molecule has 1 aliphatic carbocycles. The number of ether oxygens (including phenoxy) is 2. The van der Waals surface area contributed by atoms with E-state index >= 15 is 0 Å². The molecule has 1 amide bonds. The standard InChI is InChI=1S/C22H27NO3/c1-4-16-6-11-21(15(3)12-16)26-14-19-13-18(17-7-8-17)9-10-20(19)23-22(24)25-5-2/h6,9-13,17H,4-5,7-8,14H2,1-3H3,(H,23,24). The van der Waals surface area contributed by atoms with E-state index in [-0.39, 0.29) is 0 Å². The van der Waals surface area contributed by atoms with E-state index in [0.29, 0.717) is 19.1 Å². The molecule has 4 heteroatoms. The largest absolute Gasteiger partial charge is 0.489 e. The van der Waals surface area contributed by atoms with Gasteiger partial charge in [0.05, 0.1) is 12.3 Å². The molecule has 0 heterocycles. The summed E-state index contributed by atoms with van der Waals surface area (Å²) in [4.78, 5) is 11.8. The summed E-state index contributed by atoms with van der Waals surface area (Å²) in [7, 11) is 0. The smallest absolute Gasteiger partial charge is 0.411 e. The van der Waals surface area contributed by atoms with E-state index in [1.54, 1.807) is 6.92 Å². The second-order valence-electron chi connectivity index (χ2n) is 6.78. The Hall–Kier alpha value is -2.49. The predicted molar refractivity (Wildman–Crippen MR) is 104 cm³/mol. The molecule has 0 saturated heterocycles. The molecule has 4 nitrogen and oxygen atoms in total. The number of carbonyl (C=O) groups is 1. The predicted octanol–water partition coefficient (Wildman–Crippen LogP) is 5.58. The average Bonchev–Trinajstić information content (AvgIpc) is 3.47. The van der Waals surface area contributed by atoms with Crippen LogP contribution in [-0.4, -0.2) is 12.7 Å². The van der Waals surface area contributed by atoms with Crippen LogP contribution in [0, 0.1) is 6.92 Å². The Bertz CT molecular complexity index is 781. The second kappa shape index (κ2) is 8.26. The highest BCUT2D eigenvalue weighted by atomic mass is 16.5. The van der Waals surface area contributed by atoms with Crippen LogP contribution in [-0.2, 0) is 17.8 Å². The highest BCUT2D eigenvalue weighted by Crippen LogP contribution is 2.41. The van der Waals surface area contributed by atoms with Gasteiger partial charge in [-0.3, -0.25) is 5.32 Å². The van der Waals surface area contributed by atoms with Gasteiger partial charge < -0.3 is 9.47 Å². The molecule has 138 valence electrons. The first kappa shape index (κ1) is 18.3. The van der Waals surface area contributed by atoms with E-state index in [0.717, 1.165) is 29.0 Å². The van der Waals surface area contributed by atoms with Crippen molar-refractivity contribution in [2.24, 2.45) is 0 Å². The lowest BCUT2D eigenvalue weighted by atomic mass is 10.1. The fourth-order valence-electron chi connectivity index (χ4n) is 3.05. The number of carbonyl (C=O) groups excluding carboxylic acids is 1. The summed E-state index contributed by atoms with van der Waals surface area (Å²) in [6.07, 6.45) is 3.06. The monoisotopic (exact) mass is 353 g/mol. The zero-order valence-electron chi connectivity index (χ0n) is 15.8. The summed E-state index contributed by atoms with van der Waals surface area (Å²) in [5.41, 5.74) is 5.46. The Kier molecular flexibility index (Phi) is 5.82. The molecule has 0 aliphatic heterocycles. The fourth-order valence-corrected chi connectivity index (χ4v) is 3.05. The maximum absolute atomic E-state index is 11.8. The van der Waals surface area contributed by atoms with E-state index in [1.807, 2.05) is 12.1 Å². The first-order valence-electron chi connectivity index (χ1n) is 9.39. The zero-order chi connectivity index (χ0) is 18.5. The summed E-state index contributed by atoms with van der Waals surface area (Å²) < 4.78 is 11.1. The van der Waals surface area contributed by atoms with Crippen molar-refractivity contribution in [1.29, 1.82) is 0 Å². The highest BCUT2D eigenvalue weighted by molar-refractivity contribution is 5.85. The Balaban J connectivity index is 1.77. The van der Waals surface area contributed by atoms with Crippen LogP contribution in [0.1, 0.15) is 54.9 Å². The molecular formula is C22H27NO3. The Morgan fingerprint density at radius 3 is 2.62 bits per heavy atom. The van der Waals surface area contributed by atoms with Crippen LogP contribution in [0.15, 0.2) is 36.4 Å². The van der Waals surface area contributed by atoms with Gasteiger partial charge in [0.1, 0.15) is 12.4 Å². The molecule has 0 aromatic heterocycles. The Morgan fingerprint density at radius 2 is 1.96 bits per heavy atom. The maximum Gasteiger partial charge on any atom is 0.411 e. The lowest BCUT2D eigenvalue weighted by molar-refractivity contribution is 0.168. The highest BCUT2D eigenvalue weighted by Gasteiger charge is 2.24. The number of nitrogens with one attached hydrogen (secondary N) is 1. The maximum atomic E-state index is 11.8. The third-order valence-electron chi connectivity index (χ3n) is 4.72. The number of rotatable bonds is 7. The van der Waals surface area contributed by atoms with Crippen molar-refractivity contribution < 1.29 is 14.3 Å². The number of benzene rings is 2.